The van der Waals surface area contributed by atoms with Crippen LogP contribution < -0.4 is 11.1 Å². The van der Waals surface area contributed by atoms with Gasteiger partial charge < -0.3 is 11.1 Å². The third kappa shape index (κ3) is 3.34. The maximum atomic E-state index is 13.8. The zero-order valence-corrected chi connectivity index (χ0v) is 12.5. The molecule has 5 heteroatoms. The molecular weight excluding hydrogens is 274 g/mol. The van der Waals surface area contributed by atoms with E-state index < -0.39 is 17.0 Å². The maximum Gasteiger partial charge on any atom is 0.230 e. The maximum absolute atomic E-state index is 13.8. The number of hydrogen-bond donors (Lipinski definition) is 2. The third-order valence-electron chi connectivity index (χ3n) is 4.17. The number of nitrogens with two attached hydrogens (primary N) is 1. The molecule has 0 unspecified atom stereocenters. The first kappa shape index (κ1) is 15.7. The van der Waals surface area contributed by atoms with Gasteiger partial charge in [-0.3, -0.25) is 4.79 Å². The molecule has 3 N–H and O–H groups in total. The van der Waals surface area contributed by atoms with E-state index >= 15 is 0 Å². The van der Waals surface area contributed by atoms with Crippen molar-refractivity contribution < 1.29 is 13.6 Å². The summed E-state index contributed by atoms with van der Waals surface area (Å²) in [4.78, 5) is 12.6. The first-order chi connectivity index (χ1) is 9.84. The molecule has 2 rings (SSSR count). The second kappa shape index (κ2) is 6.00. The normalized spacial score (nSPS) is 17.2. The Hall–Kier alpha value is -1.65. The number of hydrogen-bond acceptors (Lipinski definition) is 2. The highest BCUT2D eigenvalue weighted by atomic mass is 19.1. The van der Waals surface area contributed by atoms with Crippen molar-refractivity contribution in [3.8, 4) is 0 Å². The fraction of sp³-hybridized carbons (Fsp3) is 0.562. The van der Waals surface area contributed by atoms with E-state index in [0.717, 1.165) is 44.2 Å². The van der Waals surface area contributed by atoms with Gasteiger partial charge in [0.1, 0.15) is 11.5 Å². The number of halogens is 2. The van der Waals surface area contributed by atoms with Gasteiger partial charge in [-0.25, -0.2) is 8.78 Å². The smallest absolute Gasteiger partial charge is 0.230 e. The summed E-state index contributed by atoms with van der Waals surface area (Å²) >= 11 is 0. The second-order valence-corrected chi connectivity index (χ2v) is 6.39. The fourth-order valence-corrected chi connectivity index (χ4v) is 3.33. The molecule has 0 aliphatic heterocycles. The zero-order chi connectivity index (χ0) is 15.6. The van der Waals surface area contributed by atoms with Crippen molar-refractivity contribution in [1.29, 1.82) is 0 Å². The van der Waals surface area contributed by atoms with Crippen LogP contribution in [0.2, 0.25) is 0 Å². The zero-order valence-electron chi connectivity index (χ0n) is 12.5. The van der Waals surface area contributed by atoms with Crippen LogP contribution >= 0.6 is 0 Å². The molecule has 0 spiro atoms. The lowest BCUT2D eigenvalue weighted by Crippen LogP contribution is -2.35. The largest absolute Gasteiger partial charge is 0.397 e. The number of amides is 1. The molecular formula is C16H22F2N2O. The Kier molecular flexibility index (Phi) is 4.49. The molecule has 1 fully saturated rings. The highest BCUT2D eigenvalue weighted by Gasteiger charge is 2.41. The van der Waals surface area contributed by atoms with Crippen molar-refractivity contribution in [1.82, 2.24) is 0 Å². The predicted molar refractivity (Wildman–Crippen MR) is 79.8 cm³/mol. The van der Waals surface area contributed by atoms with Crippen LogP contribution in [0.25, 0.3) is 0 Å². The van der Waals surface area contributed by atoms with Crippen molar-refractivity contribution in [2.75, 3.05) is 11.1 Å². The molecule has 0 bridgehead atoms. The average molecular weight is 296 g/mol. The lowest BCUT2D eigenvalue weighted by molar-refractivity contribution is -0.126. The molecule has 1 aliphatic carbocycles. The highest BCUT2D eigenvalue weighted by molar-refractivity contribution is 5.98. The van der Waals surface area contributed by atoms with Crippen LogP contribution in [0.5, 0.6) is 0 Å². The van der Waals surface area contributed by atoms with E-state index in [1.807, 2.05) is 0 Å². The van der Waals surface area contributed by atoms with Crippen LogP contribution in [0.1, 0.15) is 46.0 Å². The third-order valence-corrected chi connectivity index (χ3v) is 4.17. The van der Waals surface area contributed by atoms with Crippen molar-refractivity contribution in [2.45, 2.75) is 46.0 Å². The number of rotatable bonds is 4. The van der Waals surface area contributed by atoms with Gasteiger partial charge in [-0.2, -0.15) is 0 Å². The first-order valence-electron chi connectivity index (χ1n) is 7.40. The Balaban J connectivity index is 2.24. The van der Waals surface area contributed by atoms with E-state index in [2.05, 4.69) is 19.2 Å². The standard InChI is InChI=1S/C16H22F2N2O/c1-10(2)9-16(5-3-4-6-16)15(21)20-14-12(18)7-11(17)8-13(14)19/h7-8,10H,3-6,9,19H2,1-2H3,(H,20,21). The molecule has 0 aromatic heterocycles. The van der Waals surface area contributed by atoms with E-state index in [1.54, 1.807) is 0 Å². The van der Waals surface area contributed by atoms with Crippen LogP contribution in [0, 0.1) is 23.0 Å². The predicted octanol–water partition coefficient (Wildman–Crippen LogP) is 4.09. The summed E-state index contributed by atoms with van der Waals surface area (Å²) in [6.45, 7) is 4.14. The molecule has 0 heterocycles. The number of nitrogen functional groups attached to an aromatic ring is 1. The van der Waals surface area contributed by atoms with Crippen LogP contribution in [0.4, 0.5) is 20.2 Å². The van der Waals surface area contributed by atoms with Crippen LogP contribution in [0.15, 0.2) is 12.1 Å². The summed E-state index contributed by atoms with van der Waals surface area (Å²) < 4.78 is 26.9. The van der Waals surface area contributed by atoms with Gasteiger partial charge in [-0.15, -0.1) is 0 Å². The molecule has 0 atom stereocenters. The number of benzene rings is 1. The van der Waals surface area contributed by atoms with Crippen molar-refractivity contribution in [2.24, 2.45) is 11.3 Å². The van der Waals surface area contributed by atoms with Gasteiger partial charge in [0.25, 0.3) is 0 Å². The summed E-state index contributed by atoms with van der Waals surface area (Å²) in [6, 6.07) is 1.75. The van der Waals surface area contributed by atoms with E-state index in [-0.39, 0.29) is 17.3 Å². The van der Waals surface area contributed by atoms with Crippen LogP contribution in [0.3, 0.4) is 0 Å². The molecule has 0 saturated heterocycles. The molecule has 1 aromatic rings. The summed E-state index contributed by atoms with van der Waals surface area (Å²) in [6.07, 6.45) is 4.38. The van der Waals surface area contributed by atoms with E-state index in [1.165, 1.54) is 0 Å². The Morgan fingerprint density at radius 2 is 1.95 bits per heavy atom. The molecule has 1 saturated carbocycles. The number of carbonyl (C=O) groups excluding carboxylic acids is 1. The van der Waals surface area contributed by atoms with Gasteiger partial charge in [0.15, 0.2) is 5.82 Å². The highest BCUT2D eigenvalue weighted by Crippen LogP contribution is 2.44. The van der Waals surface area contributed by atoms with Gasteiger partial charge in [0.2, 0.25) is 5.91 Å². The lowest BCUT2D eigenvalue weighted by Gasteiger charge is -2.29. The molecule has 0 radical (unpaired) electrons. The van der Waals surface area contributed by atoms with Gasteiger partial charge in [0, 0.05) is 11.5 Å². The lowest BCUT2D eigenvalue weighted by atomic mass is 9.77. The minimum atomic E-state index is -0.835. The van der Waals surface area contributed by atoms with Crippen LogP contribution in [-0.2, 0) is 4.79 Å². The van der Waals surface area contributed by atoms with Gasteiger partial charge in [-0.1, -0.05) is 26.7 Å². The fourth-order valence-electron chi connectivity index (χ4n) is 3.33. The Morgan fingerprint density at radius 3 is 2.48 bits per heavy atom. The van der Waals surface area contributed by atoms with Crippen LogP contribution in [-0.4, -0.2) is 5.91 Å². The topological polar surface area (TPSA) is 55.1 Å². The van der Waals surface area contributed by atoms with Gasteiger partial charge in [0.05, 0.1) is 5.69 Å². The van der Waals surface area contributed by atoms with Crippen molar-refractivity contribution in [3.05, 3.63) is 23.8 Å². The SMILES string of the molecule is CC(C)CC1(C(=O)Nc2c(N)cc(F)cc2F)CCCC1. The molecule has 1 aliphatic rings. The average Bonchev–Trinajstić information content (AvgIpc) is 2.82. The van der Waals surface area contributed by atoms with E-state index in [9.17, 15) is 13.6 Å². The van der Waals surface area contributed by atoms with E-state index in [4.69, 9.17) is 5.73 Å². The summed E-state index contributed by atoms with van der Waals surface area (Å²) in [5.74, 6) is -1.41. The molecule has 1 amide bonds. The van der Waals surface area contributed by atoms with E-state index in [0.29, 0.717) is 5.92 Å². The quantitative estimate of drug-likeness (QED) is 0.822. The summed E-state index contributed by atoms with van der Waals surface area (Å²) in [7, 11) is 0. The molecule has 116 valence electrons. The number of anilines is 2. The van der Waals surface area contributed by atoms with Crippen molar-refractivity contribution in [3.63, 3.8) is 0 Å². The number of nitrogens with one attached hydrogen (secondary N) is 1. The molecule has 21 heavy (non-hydrogen) atoms. The second-order valence-electron chi connectivity index (χ2n) is 6.39. The first-order valence-corrected chi connectivity index (χ1v) is 7.40. The monoisotopic (exact) mass is 296 g/mol. The minimum Gasteiger partial charge on any atom is -0.397 e. The minimum absolute atomic E-state index is 0.0847. The summed E-state index contributed by atoms with van der Waals surface area (Å²) in [5.41, 5.74) is 4.96. The molecule has 3 nitrogen and oxygen atoms in total. The Morgan fingerprint density at radius 1 is 1.33 bits per heavy atom. The van der Waals surface area contributed by atoms with Gasteiger partial charge in [-0.05, 0) is 31.2 Å². The molecule has 1 aromatic carbocycles. The Bertz CT molecular complexity index is 514. The summed E-state index contributed by atoms with van der Waals surface area (Å²) in [5, 5.41) is 2.59. The Labute approximate surface area is 123 Å². The van der Waals surface area contributed by atoms with Crippen molar-refractivity contribution >= 4 is 17.3 Å². The van der Waals surface area contributed by atoms with Gasteiger partial charge >= 0.3 is 0 Å². The number of carbonyl (C=O) groups is 1.